The third kappa shape index (κ3) is 3.66. The number of phenols is 2. The van der Waals surface area contributed by atoms with Crippen LogP contribution in [0.4, 0.5) is 5.69 Å². The zero-order chi connectivity index (χ0) is 19.5. The molecule has 0 saturated heterocycles. The molecule has 0 spiro atoms. The molecule has 3 aromatic carbocycles. The second kappa shape index (κ2) is 7.44. The van der Waals surface area contributed by atoms with Crippen LogP contribution in [-0.4, -0.2) is 22.3 Å². The van der Waals surface area contributed by atoms with E-state index in [0.717, 1.165) is 18.8 Å². The Morgan fingerprint density at radius 1 is 0.964 bits per heavy atom. The smallest absolute Gasteiger partial charge is 0.271 e. The van der Waals surface area contributed by atoms with Crippen molar-refractivity contribution in [3.8, 4) is 11.5 Å². The highest BCUT2D eigenvalue weighted by Gasteiger charge is 2.18. The first kappa shape index (κ1) is 17.6. The molecule has 1 heterocycles. The second-order valence-corrected chi connectivity index (χ2v) is 6.61. The molecule has 0 aliphatic carbocycles. The zero-order valence-electron chi connectivity index (χ0n) is 15.0. The van der Waals surface area contributed by atoms with Gasteiger partial charge in [-0.3, -0.25) is 4.79 Å². The lowest BCUT2D eigenvalue weighted by Crippen LogP contribution is -2.18. The third-order valence-corrected chi connectivity index (χ3v) is 4.72. The lowest BCUT2D eigenvalue weighted by molar-refractivity contribution is 0.0955. The maximum Gasteiger partial charge on any atom is 0.271 e. The molecular weight excluding hydrogens is 354 g/mol. The largest absolute Gasteiger partial charge is 0.508 e. The minimum absolute atomic E-state index is 0.0418. The number of carbonyl (C=O) groups excluding carboxylic acids is 1. The van der Waals surface area contributed by atoms with Crippen molar-refractivity contribution in [2.75, 3.05) is 4.90 Å². The van der Waals surface area contributed by atoms with E-state index in [9.17, 15) is 15.0 Å². The number of nitrogens with zero attached hydrogens (tertiary/aromatic N) is 2. The number of aromatic hydroxyl groups is 2. The Bertz CT molecular complexity index is 1020. The summed E-state index contributed by atoms with van der Waals surface area (Å²) in [6, 6.07) is 19.9. The quantitative estimate of drug-likeness (QED) is 0.483. The summed E-state index contributed by atoms with van der Waals surface area (Å²) < 4.78 is 0. The standard InChI is InChI=1S/C22H19N3O3/c26-20-10-7-16(21(27)11-20)12-23-24-22(28)15-5-8-19(9-6-15)25-13-17-3-1-2-4-18(17)14-25/h1-12,26-27H,13-14H2,(H,24,28)/b23-12-. The van der Waals surface area contributed by atoms with Gasteiger partial charge < -0.3 is 15.1 Å². The van der Waals surface area contributed by atoms with Crippen LogP contribution in [-0.2, 0) is 13.1 Å². The lowest BCUT2D eigenvalue weighted by atomic mass is 10.1. The van der Waals surface area contributed by atoms with Gasteiger partial charge in [0.2, 0.25) is 0 Å². The van der Waals surface area contributed by atoms with E-state index in [4.69, 9.17) is 0 Å². The molecule has 3 N–H and O–H groups in total. The number of rotatable bonds is 4. The molecule has 0 saturated carbocycles. The van der Waals surface area contributed by atoms with Gasteiger partial charge in [-0.15, -0.1) is 0 Å². The van der Waals surface area contributed by atoms with Gasteiger partial charge in [0.1, 0.15) is 11.5 Å². The Kier molecular flexibility index (Phi) is 4.68. The number of nitrogens with one attached hydrogen (secondary N) is 1. The van der Waals surface area contributed by atoms with Crippen LogP contribution >= 0.6 is 0 Å². The predicted octanol–water partition coefficient (Wildman–Crippen LogP) is 3.38. The maximum absolute atomic E-state index is 12.2. The minimum atomic E-state index is -0.342. The van der Waals surface area contributed by atoms with E-state index in [1.807, 2.05) is 24.3 Å². The van der Waals surface area contributed by atoms with Gasteiger partial charge in [-0.25, -0.2) is 5.43 Å². The summed E-state index contributed by atoms with van der Waals surface area (Å²) in [6.07, 6.45) is 1.32. The second-order valence-electron chi connectivity index (χ2n) is 6.61. The number of hydrazone groups is 1. The molecule has 1 amide bonds. The molecule has 1 aliphatic heterocycles. The molecule has 140 valence electrons. The number of fused-ring (bicyclic) bond motifs is 1. The topological polar surface area (TPSA) is 85.2 Å². The summed E-state index contributed by atoms with van der Waals surface area (Å²) in [6.45, 7) is 1.73. The highest BCUT2D eigenvalue weighted by Crippen LogP contribution is 2.28. The predicted molar refractivity (Wildman–Crippen MR) is 108 cm³/mol. The summed E-state index contributed by atoms with van der Waals surface area (Å²) in [5.41, 5.74) is 7.04. The van der Waals surface area contributed by atoms with Crippen LogP contribution in [0.15, 0.2) is 71.8 Å². The van der Waals surface area contributed by atoms with E-state index < -0.39 is 0 Å². The van der Waals surface area contributed by atoms with Crippen LogP contribution in [0.1, 0.15) is 27.0 Å². The zero-order valence-corrected chi connectivity index (χ0v) is 15.0. The summed E-state index contributed by atoms with van der Waals surface area (Å²) in [7, 11) is 0. The molecule has 3 aromatic rings. The number of benzene rings is 3. The van der Waals surface area contributed by atoms with E-state index in [2.05, 4.69) is 27.6 Å². The molecule has 0 aromatic heterocycles. The van der Waals surface area contributed by atoms with Crippen LogP contribution < -0.4 is 10.3 Å². The van der Waals surface area contributed by atoms with Crippen molar-refractivity contribution < 1.29 is 15.0 Å². The average Bonchev–Trinajstić information content (AvgIpc) is 3.14. The molecule has 0 radical (unpaired) electrons. The van der Waals surface area contributed by atoms with Gasteiger partial charge in [0.15, 0.2) is 0 Å². The molecule has 0 bridgehead atoms. The van der Waals surface area contributed by atoms with Crippen molar-refractivity contribution in [2.24, 2.45) is 5.10 Å². The minimum Gasteiger partial charge on any atom is -0.508 e. The highest BCUT2D eigenvalue weighted by molar-refractivity contribution is 5.95. The normalized spacial score (nSPS) is 12.9. The molecule has 6 nitrogen and oxygen atoms in total. The molecule has 1 aliphatic rings. The Labute approximate surface area is 162 Å². The van der Waals surface area contributed by atoms with E-state index in [-0.39, 0.29) is 17.4 Å². The van der Waals surface area contributed by atoms with E-state index in [1.165, 1.54) is 35.5 Å². The van der Waals surface area contributed by atoms with Gasteiger partial charge >= 0.3 is 0 Å². The first-order chi connectivity index (χ1) is 13.6. The van der Waals surface area contributed by atoms with Crippen LogP contribution in [0, 0.1) is 0 Å². The SMILES string of the molecule is O=C(N/N=C\c1ccc(O)cc1O)c1ccc(N2Cc3ccccc3C2)cc1. The van der Waals surface area contributed by atoms with Crippen molar-refractivity contribution in [1.29, 1.82) is 0 Å². The summed E-state index contributed by atoms with van der Waals surface area (Å²) >= 11 is 0. The first-order valence-electron chi connectivity index (χ1n) is 8.87. The van der Waals surface area contributed by atoms with E-state index in [0.29, 0.717) is 11.1 Å². The van der Waals surface area contributed by atoms with Crippen molar-refractivity contribution in [1.82, 2.24) is 5.43 Å². The highest BCUT2D eigenvalue weighted by atomic mass is 16.3. The first-order valence-corrected chi connectivity index (χ1v) is 8.87. The number of amides is 1. The van der Waals surface area contributed by atoms with Gasteiger partial charge in [0.05, 0.1) is 6.21 Å². The van der Waals surface area contributed by atoms with Gasteiger partial charge in [0.25, 0.3) is 5.91 Å². The van der Waals surface area contributed by atoms with Gasteiger partial charge in [-0.05, 0) is 47.5 Å². The fourth-order valence-electron chi connectivity index (χ4n) is 3.21. The van der Waals surface area contributed by atoms with Gasteiger partial charge in [-0.1, -0.05) is 24.3 Å². The lowest BCUT2D eigenvalue weighted by Gasteiger charge is -2.17. The number of anilines is 1. The Morgan fingerprint density at radius 2 is 1.64 bits per heavy atom. The van der Waals surface area contributed by atoms with Crippen molar-refractivity contribution in [2.45, 2.75) is 13.1 Å². The van der Waals surface area contributed by atoms with Crippen LogP contribution in [0.25, 0.3) is 0 Å². The third-order valence-electron chi connectivity index (χ3n) is 4.72. The van der Waals surface area contributed by atoms with Crippen molar-refractivity contribution in [3.05, 3.63) is 89.0 Å². The number of hydrogen-bond acceptors (Lipinski definition) is 5. The molecule has 4 rings (SSSR count). The summed E-state index contributed by atoms with van der Waals surface area (Å²) in [5, 5.41) is 22.8. The molecule has 6 heteroatoms. The number of phenolic OH excluding ortho intramolecular Hbond substituents is 2. The number of hydrogen-bond donors (Lipinski definition) is 3. The van der Waals surface area contributed by atoms with Gasteiger partial charge in [-0.2, -0.15) is 5.10 Å². The Morgan fingerprint density at radius 3 is 2.29 bits per heavy atom. The molecule has 0 unspecified atom stereocenters. The van der Waals surface area contributed by atoms with E-state index >= 15 is 0 Å². The average molecular weight is 373 g/mol. The van der Waals surface area contributed by atoms with Crippen molar-refractivity contribution >= 4 is 17.8 Å². The molecule has 28 heavy (non-hydrogen) atoms. The van der Waals surface area contributed by atoms with Crippen LogP contribution in [0.5, 0.6) is 11.5 Å². The Hall–Kier alpha value is -3.80. The van der Waals surface area contributed by atoms with Crippen LogP contribution in [0.3, 0.4) is 0 Å². The fraction of sp³-hybridized carbons (Fsp3) is 0.0909. The number of carbonyl (C=O) groups is 1. The van der Waals surface area contributed by atoms with E-state index in [1.54, 1.807) is 12.1 Å². The van der Waals surface area contributed by atoms with Crippen LogP contribution in [0.2, 0.25) is 0 Å². The monoisotopic (exact) mass is 373 g/mol. The molecule has 0 atom stereocenters. The maximum atomic E-state index is 12.2. The Balaban J connectivity index is 1.39. The summed E-state index contributed by atoms with van der Waals surface area (Å²) in [5.74, 6) is -0.500. The molecular formula is C22H19N3O3. The molecule has 0 fully saturated rings. The summed E-state index contributed by atoms with van der Waals surface area (Å²) in [4.78, 5) is 14.5. The van der Waals surface area contributed by atoms with Gasteiger partial charge in [0, 0.05) is 36.0 Å². The fourth-order valence-corrected chi connectivity index (χ4v) is 3.21. The van der Waals surface area contributed by atoms with Crippen molar-refractivity contribution in [3.63, 3.8) is 0 Å².